The Hall–Kier alpha value is -1.40. The van der Waals surface area contributed by atoms with Crippen LogP contribution in [0, 0.1) is 0 Å². The predicted octanol–water partition coefficient (Wildman–Crippen LogP) is 1.52. The van der Waals surface area contributed by atoms with Crippen LogP contribution < -0.4 is 11.1 Å². The highest BCUT2D eigenvalue weighted by molar-refractivity contribution is 7.99. The molecule has 0 atom stereocenters. The molecule has 2 rings (SSSR count). The average molecular weight is 295 g/mol. The van der Waals surface area contributed by atoms with Gasteiger partial charge in [0, 0.05) is 37.7 Å². The Morgan fingerprint density at radius 1 is 1.45 bits per heavy atom. The molecular weight excluding hydrogens is 274 g/mol. The fraction of sp³-hybridized carbons (Fsp3) is 0.500. The highest BCUT2D eigenvalue weighted by Gasteiger charge is 2.10. The summed E-state index contributed by atoms with van der Waals surface area (Å²) in [5.41, 5.74) is 7.86. The first-order chi connectivity index (χ1) is 9.70. The van der Waals surface area contributed by atoms with Gasteiger partial charge in [-0.15, -0.1) is 0 Å². The maximum atomic E-state index is 11.4. The normalized spacial score (nSPS) is 15.8. The van der Waals surface area contributed by atoms with E-state index in [4.69, 9.17) is 5.73 Å². The number of nitrogens with one attached hydrogen (secondary N) is 1. The van der Waals surface area contributed by atoms with E-state index in [1.807, 2.05) is 17.8 Å². The van der Waals surface area contributed by atoms with Gasteiger partial charge in [0.15, 0.2) is 0 Å². The minimum atomic E-state index is -0.367. The van der Waals surface area contributed by atoms with Gasteiger partial charge >= 0.3 is 5.97 Å². The van der Waals surface area contributed by atoms with Gasteiger partial charge in [0.25, 0.3) is 0 Å². The SMILES string of the molecule is COC(=O)c1ccc(NCCN2CCSCC2)c(N)c1. The van der Waals surface area contributed by atoms with E-state index in [0.29, 0.717) is 11.3 Å². The standard InChI is InChI=1S/C14H21N3O2S/c1-19-14(18)11-2-3-13(12(15)10-11)16-4-5-17-6-8-20-9-7-17/h2-3,10,16H,4-9,15H2,1H3. The molecule has 0 amide bonds. The van der Waals surface area contributed by atoms with Gasteiger partial charge in [0.2, 0.25) is 0 Å². The maximum absolute atomic E-state index is 11.4. The second-order valence-electron chi connectivity index (χ2n) is 4.67. The van der Waals surface area contributed by atoms with E-state index in [0.717, 1.165) is 31.9 Å². The third-order valence-corrected chi connectivity index (χ3v) is 4.26. The zero-order valence-electron chi connectivity index (χ0n) is 11.7. The summed E-state index contributed by atoms with van der Waals surface area (Å²) in [5, 5.41) is 3.32. The van der Waals surface area contributed by atoms with Gasteiger partial charge in [-0.2, -0.15) is 11.8 Å². The number of esters is 1. The zero-order valence-corrected chi connectivity index (χ0v) is 12.5. The minimum absolute atomic E-state index is 0.367. The molecule has 0 aliphatic carbocycles. The molecule has 1 fully saturated rings. The number of hydrogen-bond donors (Lipinski definition) is 2. The van der Waals surface area contributed by atoms with Crippen LogP contribution in [0.2, 0.25) is 0 Å². The summed E-state index contributed by atoms with van der Waals surface area (Å²) in [6.07, 6.45) is 0. The van der Waals surface area contributed by atoms with Crippen LogP contribution in [0.15, 0.2) is 18.2 Å². The van der Waals surface area contributed by atoms with E-state index >= 15 is 0 Å². The number of nitrogen functional groups attached to an aromatic ring is 1. The number of ether oxygens (including phenoxy) is 1. The molecular formula is C14H21N3O2S. The lowest BCUT2D eigenvalue weighted by Gasteiger charge is -2.26. The van der Waals surface area contributed by atoms with Crippen molar-refractivity contribution in [2.24, 2.45) is 0 Å². The number of hydrogen-bond acceptors (Lipinski definition) is 6. The molecule has 0 bridgehead atoms. The monoisotopic (exact) mass is 295 g/mol. The number of anilines is 2. The summed E-state index contributed by atoms with van der Waals surface area (Å²) in [7, 11) is 1.36. The van der Waals surface area contributed by atoms with Gasteiger partial charge in [-0.05, 0) is 18.2 Å². The highest BCUT2D eigenvalue weighted by Crippen LogP contribution is 2.20. The van der Waals surface area contributed by atoms with Crippen LogP contribution in [0.3, 0.4) is 0 Å². The Morgan fingerprint density at radius 2 is 2.20 bits per heavy atom. The van der Waals surface area contributed by atoms with Crippen molar-refractivity contribution >= 4 is 29.1 Å². The van der Waals surface area contributed by atoms with Crippen molar-refractivity contribution in [2.75, 3.05) is 55.8 Å². The second-order valence-corrected chi connectivity index (χ2v) is 5.90. The van der Waals surface area contributed by atoms with Crippen molar-refractivity contribution in [2.45, 2.75) is 0 Å². The lowest BCUT2D eigenvalue weighted by Crippen LogP contribution is -2.36. The Morgan fingerprint density at radius 3 is 2.85 bits per heavy atom. The van der Waals surface area contributed by atoms with E-state index in [-0.39, 0.29) is 5.97 Å². The number of methoxy groups -OCH3 is 1. The quantitative estimate of drug-likeness (QED) is 0.634. The molecule has 110 valence electrons. The van der Waals surface area contributed by atoms with Crippen LogP contribution in [-0.2, 0) is 4.74 Å². The molecule has 20 heavy (non-hydrogen) atoms. The third-order valence-electron chi connectivity index (χ3n) is 3.32. The molecule has 1 saturated heterocycles. The van der Waals surface area contributed by atoms with Crippen molar-refractivity contribution in [1.82, 2.24) is 4.90 Å². The zero-order chi connectivity index (χ0) is 14.4. The van der Waals surface area contributed by atoms with E-state index in [1.165, 1.54) is 18.6 Å². The average Bonchev–Trinajstić information content (AvgIpc) is 2.49. The van der Waals surface area contributed by atoms with Crippen LogP contribution in [0.5, 0.6) is 0 Å². The minimum Gasteiger partial charge on any atom is -0.465 e. The molecule has 0 radical (unpaired) electrons. The van der Waals surface area contributed by atoms with Crippen LogP contribution in [0.4, 0.5) is 11.4 Å². The Labute approximate surface area is 123 Å². The fourth-order valence-electron chi connectivity index (χ4n) is 2.14. The van der Waals surface area contributed by atoms with E-state index in [9.17, 15) is 4.79 Å². The van der Waals surface area contributed by atoms with E-state index in [1.54, 1.807) is 12.1 Å². The number of nitrogens with two attached hydrogens (primary N) is 1. The van der Waals surface area contributed by atoms with Crippen LogP contribution in [0.25, 0.3) is 0 Å². The Kier molecular flexibility index (Phi) is 5.55. The molecule has 1 aliphatic rings. The summed E-state index contributed by atoms with van der Waals surface area (Å²) in [6.45, 7) is 4.18. The number of rotatable bonds is 5. The number of carbonyl (C=O) groups is 1. The van der Waals surface area contributed by atoms with Crippen molar-refractivity contribution in [3.05, 3.63) is 23.8 Å². The van der Waals surface area contributed by atoms with Crippen LogP contribution in [0.1, 0.15) is 10.4 Å². The lowest BCUT2D eigenvalue weighted by molar-refractivity contribution is 0.0601. The smallest absolute Gasteiger partial charge is 0.337 e. The molecule has 3 N–H and O–H groups in total. The van der Waals surface area contributed by atoms with Gasteiger partial charge in [-0.1, -0.05) is 0 Å². The van der Waals surface area contributed by atoms with Gasteiger partial charge in [0.1, 0.15) is 0 Å². The number of nitrogens with zero attached hydrogens (tertiary/aromatic N) is 1. The molecule has 6 heteroatoms. The summed E-state index contributed by atoms with van der Waals surface area (Å²) in [6, 6.07) is 5.20. The van der Waals surface area contributed by atoms with Crippen molar-refractivity contribution in [1.29, 1.82) is 0 Å². The summed E-state index contributed by atoms with van der Waals surface area (Å²) in [4.78, 5) is 13.8. The number of thioether (sulfide) groups is 1. The molecule has 1 aromatic rings. The van der Waals surface area contributed by atoms with E-state index in [2.05, 4.69) is 15.0 Å². The Balaban J connectivity index is 1.84. The molecule has 0 aromatic heterocycles. The van der Waals surface area contributed by atoms with Gasteiger partial charge in [0.05, 0.1) is 24.0 Å². The van der Waals surface area contributed by atoms with Crippen molar-refractivity contribution < 1.29 is 9.53 Å². The lowest BCUT2D eigenvalue weighted by atomic mass is 10.1. The topological polar surface area (TPSA) is 67.6 Å². The Bertz CT molecular complexity index is 462. The predicted molar refractivity (Wildman–Crippen MR) is 84.4 cm³/mol. The van der Waals surface area contributed by atoms with E-state index < -0.39 is 0 Å². The summed E-state index contributed by atoms with van der Waals surface area (Å²) < 4.78 is 4.67. The molecule has 0 spiro atoms. The molecule has 1 heterocycles. The fourth-order valence-corrected chi connectivity index (χ4v) is 3.12. The number of benzene rings is 1. The molecule has 0 unspecified atom stereocenters. The molecule has 1 aliphatic heterocycles. The first-order valence-corrected chi connectivity index (χ1v) is 7.88. The largest absolute Gasteiger partial charge is 0.465 e. The van der Waals surface area contributed by atoms with Crippen LogP contribution in [-0.4, -0.2) is 55.7 Å². The summed E-state index contributed by atoms with van der Waals surface area (Å²) in [5.74, 6) is 2.07. The first-order valence-electron chi connectivity index (χ1n) is 6.72. The molecule has 0 saturated carbocycles. The second kappa shape index (κ2) is 7.40. The van der Waals surface area contributed by atoms with Gasteiger partial charge in [-0.25, -0.2) is 4.79 Å². The third kappa shape index (κ3) is 4.05. The first kappa shape index (κ1) is 15.0. The van der Waals surface area contributed by atoms with Crippen molar-refractivity contribution in [3.8, 4) is 0 Å². The maximum Gasteiger partial charge on any atom is 0.337 e. The van der Waals surface area contributed by atoms with Gasteiger partial charge < -0.3 is 15.8 Å². The molecule has 5 nitrogen and oxygen atoms in total. The van der Waals surface area contributed by atoms with Crippen molar-refractivity contribution in [3.63, 3.8) is 0 Å². The highest BCUT2D eigenvalue weighted by atomic mass is 32.2. The van der Waals surface area contributed by atoms with Gasteiger partial charge in [-0.3, -0.25) is 4.90 Å². The van der Waals surface area contributed by atoms with Crippen LogP contribution >= 0.6 is 11.8 Å². The summed E-state index contributed by atoms with van der Waals surface area (Å²) >= 11 is 2.01. The molecule has 1 aromatic carbocycles. The number of carbonyl (C=O) groups excluding carboxylic acids is 1.